The second kappa shape index (κ2) is 42.1. The van der Waals surface area contributed by atoms with E-state index in [4.69, 9.17) is 16.6 Å². The lowest BCUT2D eigenvalue weighted by Crippen LogP contribution is -2.58. The van der Waals surface area contributed by atoms with Crippen LogP contribution in [0.15, 0.2) is 24.3 Å². The Balaban J connectivity index is 3.34. The molecule has 12 amide bonds. The number of nitrogens with two attached hydrogens (primary N) is 2. The second-order valence-corrected chi connectivity index (χ2v) is 21.4. The molecule has 1 aromatic rings. The topological polar surface area (TPSA) is 671 Å². The van der Waals surface area contributed by atoms with E-state index in [1.807, 2.05) is 5.32 Å². The van der Waals surface area contributed by atoms with Gasteiger partial charge in [0.25, 0.3) is 0 Å². The van der Waals surface area contributed by atoms with Crippen molar-refractivity contribution in [3.63, 3.8) is 0 Å². The van der Waals surface area contributed by atoms with Crippen LogP contribution in [-0.2, 0) is 97.5 Å². The molecule has 0 spiro atoms. The molecular formula is C55H79N13O27. The summed E-state index contributed by atoms with van der Waals surface area (Å²) in [5.74, 6) is -25.4. The summed E-state index contributed by atoms with van der Waals surface area (Å²) >= 11 is 0. The van der Waals surface area contributed by atoms with Crippen LogP contribution in [0.25, 0.3) is 0 Å². The molecule has 0 bridgehead atoms. The number of aliphatic carboxylic acids is 7. The number of aromatic hydroxyl groups is 1. The lowest BCUT2D eigenvalue weighted by molar-refractivity contribution is -0.140. The van der Waals surface area contributed by atoms with E-state index >= 15 is 0 Å². The highest BCUT2D eigenvalue weighted by Crippen LogP contribution is 2.13. The first-order valence-corrected chi connectivity index (χ1v) is 29.0. The zero-order valence-electron chi connectivity index (χ0n) is 51.3. The maximum Gasteiger partial charge on any atom is 0.303 e. The van der Waals surface area contributed by atoms with Gasteiger partial charge in [0.1, 0.15) is 54.1 Å². The molecule has 0 radical (unpaired) electrons. The molecule has 0 aliphatic heterocycles. The number of hydrogen-bond acceptors (Lipinski definition) is 21. The number of phenolic OH excluding ortho intramolecular Hbond substituents is 1. The van der Waals surface area contributed by atoms with E-state index < -0.39 is 282 Å². The van der Waals surface area contributed by atoms with E-state index in [1.54, 1.807) is 13.8 Å². The predicted molar refractivity (Wildman–Crippen MR) is 316 cm³/mol. The van der Waals surface area contributed by atoms with Gasteiger partial charge >= 0.3 is 41.8 Å². The number of carboxylic acids is 7. The van der Waals surface area contributed by atoms with Crippen LogP contribution < -0.4 is 70.0 Å². The van der Waals surface area contributed by atoms with Crippen molar-refractivity contribution < 1.29 is 132 Å². The summed E-state index contributed by atoms with van der Waals surface area (Å²) in [4.78, 5) is 240. The van der Waals surface area contributed by atoms with Gasteiger partial charge in [-0.25, -0.2) is 0 Å². The van der Waals surface area contributed by atoms with Crippen molar-refractivity contribution in [2.24, 2.45) is 17.4 Å². The Kier molecular flexibility index (Phi) is 36.3. The average molecular weight is 1350 g/mol. The SMILES string of the molecule is CC(C)[C@H](N)C(=O)N[C@@H](CCC(=O)O)C(=O)NCC(=O)N[C@@H](CCC(=O)O)C(=O)NCC(=O)N[C@@H](CCC(=O)O)C(=O)N[C@@H](CCC(=O)O)C(=O)N[C@@H](CCC(=O)O)C(=O)NCC(=O)N[C@@H](CCC(=O)O)C(=O)N[C@@H](CCC(=O)O)C(=O)N[C@@H](Cc1ccc(O)cc1)C(N)=O. The highest BCUT2D eigenvalue weighted by Gasteiger charge is 2.34. The zero-order valence-corrected chi connectivity index (χ0v) is 51.3. The van der Waals surface area contributed by atoms with Crippen LogP contribution in [0.4, 0.5) is 0 Å². The minimum absolute atomic E-state index is 0.134. The molecule has 0 fully saturated rings. The van der Waals surface area contributed by atoms with Crippen molar-refractivity contribution in [3.8, 4) is 5.75 Å². The summed E-state index contributed by atoms with van der Waals surface area (Å²) < 4.78 is 0. The van der Waals surface area contributed by atoms with Crippen LogP contribution in [0.5, 0.6) is 5.75 Å². The number of amides is 12. The van der Waals surface area contributed by atoms with Gasteiger partial charge in [0, 0.05) is 51.4 Å². The molecule has 0 saturated heterocycles. The summed E-state index contributed by atoms with van der Waals surface area (Å²) in [6.07, 6.45) is -10.7. The highest BCUT2D eigenvalue weighted by atomic mass is 16.4. The van der Waals surface area contributed by atoms with Crippen molar-refractivity contribution >= 4 is 113 Å². The predicted octanol–water partition coefficient (Wildman–Crippen LogP) is -7.32. The van der Waals surface area contributed by atoms with Crippen molar-refractivity contribution in [2.75, 3.05) is 19.6 Å². The molecule has 0 aromatic heterocycles. The van der Waals surface area contributed by atoms with Crippen LogP contribution in [0.3, 0.4) is 0 Å². The monoisotopic (exact) mass is 1350 g/mol. The van der Waals surface area contributed by atoms with Gasteiger partial charge in [0.15, 0.2) is 0 Å². The maximum atomic E-state index is 13.8. The van der Waals surface area contributed by atoms with Crippen molar-refractivity contribution in [1.29, 1.82) is 0 Å². The number of carbonyl (C=O) groups excluding carboxylic acids is 12. The fourth-order valence-corrected chi connectivity index (χ4v) is 8.11. The number of primary amides is 1. The van der Waals surface area contributed by atoms with Gasteiger partial charge in [-0.1, -0.05) is 26.0 Å². The summed E-state index contributed by atoms with van der Waals surface area (Å²) in [6.45, 7) is 0.0356. The van der Waals surface area contributed by atoms with Gasteiger partial charge in [-0.2, -0.15) is 0 Å². The number of phenols is 1. The Bertz CT molecular complexity index is 2980. The van der Waals surface area contributed by atoms with Crippen molar-refractivity contribution in [1.82, 2.24) is 58.5 Å². The number of nitrogens with one attached hydrogen (secondary N) is 11. The lowest BCUT2D eigenvalue weighted by atomic mass is 10.0. The van der Waals surface area contributed by atoms with Crippen LogP contribution in [-0.4, -0.2) is 228 Å². The quantitative estimate of drug-likeness (QED) is 0.0288. The minimum atomic E-state index is -2.01. The normalized spacial score (nSPS) is 13.6. The fourth-order valence-electron chi connectivity index (χ4n) is 8.11. The number of carboxylic acid groups (broad SMARTS) is 7. The minimum Gasteiger partial charge on any atom is -0.508 e. The molecule has 95 heavy (non-hydrogen) atoms. The van der Waals surface area contributed by atoms with E-state index in [-0.39, 0.29) is 12.2 Å². The van der Waals surface area contributed by atoms with Crippen LogP contribution in [0.2, 0.25) is 0 Å². The zero-order chi connectivity index (χ0) is 72.2. The first-order chi connectivity index (χ1) is 44.4. The van der Waals surface area contributed by atoms with Crippen LogP contribution in [0, 0.1) is 5.92 Å². The van der Waals surface area contributed by atoms with Gasteiger partial charge in [0.05, 0.1) is 25.7 Å². The number of rotatable bonds is 47. The standard InChI is InChI=1S/C55H79N13O27/c1-25(2)46(56)55(95)67-30(9-16-41(77)78)50(90)60-22-36(70)61-28(7-14-39(73)74)48(88)58-23-37(71)62-31(10-17-42(79)80)51(91)65-33(12-19-44(83)84)53(93)64-29(8-15-40(75)76)49(89)59-24-38(72)63-32(11-18-43(81)82)52(92)66-34(13-20-45(85)86)54(94)68-35(47(57)87)21-26-3-5-27(69)6-4-26/h3-6,25,28-35,46,69H,7-24,56H2,1-2H3,(H2,57,87)(H,58,88)(H,59,89)(H,60,90)(H,61,70)(H,62,71)(H,63,72)(H,64,93)(H,65,91)(H,66,92)(H,67,95)(H,68,94)(H,73,74)(H,75,76)(H,77,78)(H,79,80)(H,81,82)(H,83,84)(H,85,86)/t28-,29-,30-,31-,32-,33-,34-,35-,46-/m0/s1. The first kappa shape index (κ1) is 81.9. The summed E-state index contributed by atoms with van der Waals surface area (Å²) in [5.41, 5.74) is 11.7. The molecule has 1 aromatic carbocycles. The molecule has 23 N–H and O–H groups in total. The van der Waals surface area contributed by atoms with E-state index in [0.717, 1.165) is 0 Å². The van der Waals surface area contributed by atoms with Gasteiger partial charge < -0.3 is 111 Å². The summed E-state index contributed by atoms with van der Waals surface area (Å²) in [5, 5.41) is 98.7. The first-order valence-electron chi connectivity index (χ1n) is 29.0. The largest absolute Gasteiger partial charge is 0.508 e. The number of benzene rings is 1. The van der Waals surface area contributed by atoms with E-state index in [0.29, 0.717) is 5.56 Å². The van der Waals surface area contributed by atoms with Crippen LogP contribution >= 0.6 is 0 Å². The summed E-state index contributed by atoms with van der Waals surface area (Å²) in [7, 11) is 0. The third-order valence-electron chi connectivity index (χ3n) is 13.3. The molecule has 0 aliphatic rings. The molecule has 0 unspecified atom stereocenters. The number of hydrogen-bond donors (Lipinski definition) is 21. The van der Waals surface area contributed by atoms with Crippen molar-refractivity contribution in [2.45, 2.75) is 165 Å². The smallest absolute Gasteiger partial charge is 0.303 e. The Morgan fingerprint density at radius 1 is 0.337 bits per heavy atom. The molecule has 526 valence electrons. The van der Waals surface area contributed by atoms with Crippen molar-refractivity contribution in [3.05, 3.63) is 29.8 Å². The Morgan fingerprint density at radius 2 is 0.558 bits per heavy atom. The Labute approximate surface area is 538 Å². The molecule has 0 aliphatic carbocycles. The van der Waals surface area contributed by atoms with Gasteiger partial charge in [-0.15, -0.1) is 0 Å². The van der Waals surface area contributed by atoms with E-state index in [1.165, 1.54) is 24.3 Å². The third kappa shape index (κ3) is 34.8. The fraction of sp³-hybridized carbons (Fsp3) is 0.545. The van der Waals surface area contributed by atoms with Gasteiger partial charge in [-0.3, -0.25) is 91.1 Å². The molecule has 0 saturated carbocycles. The Hall–Kier alpha value is -11.1. The van der Waals surface area contributed by atoms with Gasteiger partial charge in [-0.05, 0) is 68.6 Å². The van der Waals surface area contributed by atoms with E-state index in [2.05, 4.69) is 53.2 Å². The second-order valence-electron chi connectivity index (χ2n) is 21.4. The molecule has 40 nitrogen and oxygen atoms in total. The van der Waals surface area contributed by atoms with Crippen LogP contribution in [0.1, 0.15) is 109 Å². The molecule has 40 heteroatoms. The van der Waals surface area contributed by atoms with E-state index in [9.17, 15) is 127 Å². The molecule has 0 heterocycles. The number of carbonyl (C=O) groups is 19. The highest BCUT2D eigenvalue weighted by molar-refractivity contribution is 5.99. The molecule has 9 atom stereocenters. The molecular weight excluding hydrogens is 1270 g/mol. The Morgan fingerprint density at radius 3 is 0.800 bits per heavy atom. The summed E-state index contributed by atoms with van der Waals surface area (Å²) in [6, 6.07) is -10.1. The third-order valence-corrected chi connectivity index (χ3v) is 13.3. The maximum absolute atomic E-state index is 13.8. The van der Waals surface area contributed by atoms with Gasteiger partial charge in [0.2, 0.25) is 70.9 Å². The lowest BCUT2D eigenvalue weighted by Gasteiger charge is -2.25. The average Bonchev–Trinajstić information content (AvgIpc) is 1.04. The molecule has 1 rings (SSSR count).